The van der Waals surface area contributed by atoms with Gasteiger partial charge in [-0.25, -0.2) is 0 Å². The molecule has 2 unspecified atom stereocenters. The Bertz CT molecular complexity index is 1010. The van der Waals surface area contributed by atoms with E-state index in [2.05, 4.69) is 0 Å². The van der Waals surface area contributed by atoms with Gasteiger partial charge in [0.25, 0.3) is 0 Å². The molecule has 3 aliphatic rings. The molecule has 0 spiro atoms. The quantitative estimate of drug-likeness (QED) is 0.764. The van der Waals surface area contributed by atoms with Crippen LogP contribution in [0.1, 0.15) is 22.6 Å². The second kappa shape index (κ2) is 6.90. The molecule has 30 heavy (non-hydrogen) atoms. The van der Waals surface area contributed by atoms with E-state index in [9.17, 15) is 9.90 Å². The zero-order chi connectivity index (χ0) is 21.0. The smallest absolute Gasteiger partial charge is 0.310 e. The number of ether oxygens (including phenoxy) is 6. The van der Waals surface area contributed by atoms with E-state index in [4.69, 9.17) is 28.4 Å². The van der Waals surface area contributed by atoms with Crippen molar-refractivity contribution in [3.8, 4) is 34.5 Å². The van der Waals surface area contributed by atoms with Crippen molar-refractivity contribution in [2.75, 3.05) is 34.7 Å². The molecule has 0 radical (unpaired) electrons. The average Bonchev–Trinajstić information content (AvgIpc) is 3.37. The van der Waals surface area contributed by atoms with Gasteiger partial charge in [-0.05, 0) is 35.7 Å². The number of fused-ring (bicyclic) bond motifs is 3. The second-order valence-electron chi connectivity index (χ2n) is 7.58. The first-order chi connectivity index (χ1) is 14.6. The number of benzene rings is 2. The van der Waals surface area contributed by atoms with E-state index in [-0.39, 0.29) is 47.8 Å². The van der Waals surface area contributed by atoms with Crippen molar-refractivity contribution in [1.82, 2.24) is 0 Å². The van der Waals surface area contributed by atoms with Gasteiger partial charge in [0.2, 0.25) is 18.3 Å². The van der Waals surface area contributed by atoms with Crippen LogP contribution in [-0.4, -0.2) is 45.8 Å². The Balaban J connectivity index is 1.76. The monoisotopic (exact) mass is 414 g/mol. The van der Waals surface area contributed by atoms with Crippen molar-refractivity contribution in [1.29, 1.82) is 0 Å². The molecule has 158 valence electrons. The van der Waals surface area contributed by atoms with Gasteiger partial charge in [-0.1, -0.05) is 0 Å². The number of hydrogen-bond acceptors (Lipinski definition) is 8. The van der Waals surface area contributed by atoms with E-state index in [1.807, 2.05) is 6.07 Å². The molecular weight excluding hydrogens is 392 g/mol. The molecule has 0 amide bonds. The standard InChI is InChI=1S/C22H22O8/c1-25-14-5-10(6-15(26-2)19(14)23)17-12-7-16-21(30-9-29-16)20(27-3)13(12)4-11-8-28-22(24)18(11)17/h5-7,11,17-18,23H,4,8-9H2,1-3H3/t11?,17?,18-/m0/s1. The molecule has 1 N–H and O–H groups in total. The van der Waals surface area contributed by atoms with Gasteiger partial charge in [0.15, 0.2) is 23.0 Å². The number of phenolic OH excluding ortho intramolecular Hbond substituents is 1. The zero-order valence-corrected chi connectivity index (χ0v) is 16.9. The maximum absolute atomic E-state index is 12.7. The minimum atomic E-state index is -0.374. The number of hydrogen-bond donors (Lipinski definition) is 1. The maximum atomic E-state index is 12.7. The van der Waals surface area contributed by atoms with E-state index < -0.39 is 0 Å². The molecule has 2 aromatic carbocycles. The summed E-state index contributed by atoms with van der Waals surface area (Å²) in [6.45, 7) is 0.471. The van der Waals surface area contributed by atoms with Crippen LogP contribution < -0.4 is 23.7 Å². The lowest BCUT2D eigenvalue weighted by Crippen LogP contribution is -2.32. The summed E-state index contributed by atoms with van der Waals surface area (Å²) < 4.78 is 33.1. The number of carbonyl (C=O) groups is 1. The van der Waals surface area contributed by atoms with E-state index in [0.717, 1.165) is 16.7 Å². The van der Waals surface area contributed by atoms with Crippen molar-refractivity contribution in [2.45, 2.75) is 12.3 Å². The number of carbonyl (C=O) groups excluding carboxylic acids is 1. The zero-order valence-electron chi connectivity index (χ0n) is 16.9. The molecular formula is C22H22O8. The molecule has 3 atom stereocenters. The Morgan fingerprint density at radius 2 is 1.73 bits per heavy atom. The van der Waals surface area contributed by atoms with Crippen molar-refractivity contribution in [3.05, 3.63) is 34.9 Å². The molecule has 1 saturated heterocycles. The van der Waals surface area contributed by atoms with E-state index in [0.29, 0.717) is 30.3 Å². The lowest BCUT2D eigenvalue weighted by molar-refractivity contribution is -0.141. The number of methoxy groups -OCH3 is 3. The van der Waals surface area contributed by atoms with Crippen LogP contribution in [0.25, 0.3) is 0 Å². The molecule has 0 saturated carbocycles. The first-order valence-electron chi connectivity index (χ1n) is 9.68. The van der Waals surface area contributed by atoms with Gasteiger partial charge in [-0.2, -0.15) is 0 Å². The largest absolute Gasteiger partial charge is 0.502 e. The molecule has 0 bridgehead atoms. The fourth-order valence-corrected chi connectivity index (χ4v) is 4.89. The van der Waals surface area contributed by atoms with Gasteiger partial charge in [0, 0.05) is 17.4 Å². The lowest BCUT2D eigenvalue weighted by Gasteiger charge is -2.34. The summed E-state index contributed by atoms with van der Waals surface area (Å²) in [4.78, 5) is 12.7. The van der Waals surface area contributed by atoms with Gasteiger partial charge in [-0.15, -0.1) is 0 Å². The summed E-state index contributed by atoms with van der Waals surface area (Å²) in [6, 6.07) is 5.38. The number of aromatic hydroxyl groups is 1. The highest BCUT2D eigenvalue weighted by Crippen LogP contribution is 2.56. The fraction of sp³-hybridized carbons (Fsp3) is 0.409. The van der Waals surface area contributed by atoms with Gasteiger partial charge in [0.1, 0.15) is 0 Å². The Morgan fingerprint density at radius 3 is 2.40 bits per heavy atom. The molecule has 5 rings (SSSR count). The van der Waals surface area contributed by atoms with Crippen molar-refractivity contribution >= 4 is 5.97 Å². The first-order valence-corrected chi connectivity index (χ1v) is 9.68. The Morgan fingerprint density at radius 1 is 1.00 bits per heavy atom. The van der Waals surface area contributed by atoms with Gasteiger partial charge >= 0.3 is 5.97 Å². The summed E-state index contributed by atoms with van der Waals surface area (Å²) >= 11 is 0. The van der Waals surface area contributed by atoms with Crippen LogP contribution >= 0.6 is 0 Å². The minimum Gasteiger partial charge on any atom is -0.502 e. The second-order valence-corrected chi connectivity index (χ2v) is 7.58. The SMILES string of the molecule is COc1cc(C2c3cc4c(c(OC)c3CC3COC(=O)[C@@H]32)OCO4)cc(OC)c1O. The van der Waals surface area contributed by atoms with Crippen molar-refractivity contribution in [2.24, 2.45) is 11.8 Å². The minimum absolute atomic E-state index is 0.00457. The Labute approximate surface area is 173 Å². The fourth-order valence-electron chi connectivity index (χ4n) is 4.89. The van der Waals surface area contributed by atoms with Crippen molar-refractivity contribution in [3.63, 3.8) is 0 Å². The third-order valence-electron chi connectivity index (χ3n) is 6.20. The number of phenols is 1. The highest BCUT2D eigenvalue weighted by atomic mass is 16.7. The highest BCUT2D eigenvalue weighted by Gasteiger charge is 2.49. The predicted octanol–water partition coefficient (Wildman–Crippen LogP) is 2.62. The topological polar surface area (TPSA) is 92.7 Å². The molecule has 8 nitrogen and oxygen atoms in total. The summed E-state index contributed by atoms with van der Waals surface area (Å²) in [5.41, 5.74) is 2.65. The third kappa shape index (κ3) is 2.56. The van der Waals surface area contributed by atoms with Crippen LogP contribution in [0, 0.1) is 11.8 Å². The van der Waals surface area contributed by atoms with Crippen LogP contribution in [0.15, 0.2) is 18.2 Å². The highest BCUT2D eigenvalue weighted by molar-refractivity contribution is 5.79. The molecule has 0 aromatic heterocycles. The maximum Gasteiger partial charge on any atom is 0.310 e. The van der Waals surface area contributed by atoms with E-state index in [1.165, 1.54) is 14.2 Å². The van der Waals surface area contributed by atoms with Crippen LogP contribution in [-0.2, 0) is 16.0 Å². The average molecular weight is 414 g/mol. The summed E-state index contributed by atoms with van der Waals surface area (Å²) in [5.74, 6) is 1.28. The molecule has 1 fully saturated rings. The lowest BCUT2D eigenvalue weighted by atomic mass is 9.67. The molecule has 2 aliphatic heterocycles. The normalized spacial score (nSPS) is 23.4. The van der Waals surface area contributed by atoms with Crippen LogP contribution in [0.5, 0.6) is 34.5 Å². The molecule has 2 heterocycles. The van der Waals surface area contributed by atoms with E-state index in [1.54, 1.807) is 19.2 Å². The molecule has 2 aromatic rings. The van der Waals surface area contributed by atoms with Gasteiger partial charge in [0.05, 0.1) is 33.9 Å². The predicted molar refractivity (Wildman–Crippen MR) is 104 cm³/mol. The van der Waals surface area contributed by atoms with Gasteiger partial charge in [-0.3, -0.25) is 4.79 Å². The van der Waals surface area contributed by atoms with Crippen LogP contribution in [0.3, 0.4) is 0 Å². The number of rotatable bonds is 4. The number of esters is 1. The Hall–Kier alpha value is -3.29. The van der Waals surface area contributed by atoms with Crippen LogP contribution in [0.4, 0.5) is 0 Å². The van der Waals surface area contributed by atoms with Gasteiger partial charge < -0.3 is 33.5 Å². The Kier molecular flexibility index (Phi) is 4.30. The molecule has 8 heteroatoms. The number of cyclic esters (lactones) is 1. The summed E-state index contributed by atoms with van der Waals surface area (Å²) in [7, 11) is 4.54. The van der Waals surface area contributed by atoms with E-state index >= 15 is 0 Å². The third-order valence-corrected chi connectivity index (χ3v) is 6.20. The van der Waals surface area contributed by atoms with Crippen molar-refractivity contribution < 1.29 is 38.3 Å². The first kappa shape index (κ1) is 18.7. The molecule has 1 aliphatic carbocycles. The van der Waals surface area contributed by atoms with Crippen LogP contribution in [0.2, 0.25) is 0 Å². The summed E-state index contributed by atoms with van der Waals surface area (Å²) in [6.07, 6.45) is 0.633. The summed E-state index contributed by atoms with van der Waals surface area (Å²) in [5, 5.41) is 10.4.